The Morgan fingerprint density at radius 3 is 1.33 bits per heavy atom. The molecule has 0 bridgehead atoms. The molecule has 0 spiro atoms. The highest BCUT2D eigenvalue weighted by Crippen LogP contribution is 2.23. The Hall–Kier alpha value is -0.620. The number of hydrogen-bond acceptors (Lipinski definition) is 6. The number of rotatable bonds is 14. The molecule has 0 aromatic rings. The van der Waals surface area contributed by atoms with E-state index in [1.165, 1.54) is 0 Å². The standard InChI is InChI=1S/C18H32O4S2/c1-3-5-7-13(23)9-11-15(17(19)20)16(18(21)22)12-10-14(24)8-6-4-2/h13-14,23-24H,3-12H2,1-2H3,(H,19,20)(H,21,22)/p-2/b16-15-. The summed E-state index contributed by atoms with van der Waals surface area (Å²) < 4.78 is 0. The zero-order chi connectivity index (χ0) is 18.5. The third-order valence-corrected chi connectivity index (χ3v) is 5.13. The van der Waals surface area contributed by atoms with Gasteiger partial charge in [0, 0.05) is 10.5 Å². The van der Waals surface area contributed by atoms with Gasteiger partial charge in [0.2, 0.25) is 0 Å². The quantitative estimate of drug-likeness (QED) is 0.361. The molecule has 2 atom stereocenters. The van der Waals surface area contributed by atoms with Crippen molar-refractivity contribution in [1.82, 2.24) is 0 Å². The molecule has 0 radical (unpaired) electrons. The van der Waals surface area contributed by atoms with Crippen LogP contribution in [0.3, 0.4) is 0 Å². The molecule has 2 unspecified atom stereocenters. The largest absolute Gasteiger partial charge is 0.545 e. The maximum atomic E-state index is 11.4. The van der Waals surface area contributed by atoms with Gasteiger partial charge < -0.3 is 19.8 Å². The maximum Gasteiger partial charge on any atom is 0.0678 e. The predicted octanol–water partition coefficient (Wildman–Crippen LogP) is 2.32. The lowest BCUT2D eigenvalue weighted by Crippen LogP contribution is -2.32. The Labute approximate surface area is 156 Å². The number of carbonyl (C=O) groups excluding carboxylic acids is 2. The second kappa shape index (κ2) is 13.6. The third-order valence-electron chi connectivity index (χ3n) is 4.09. The highest BCUT2D eigenvalue weighted by Gasteiger charge is 2.14. The topological polar surface area (TPSA) is 80.3 Å². The highest BCUT2D eigenvalue weighted by atomic mass is 32.1. The number of aliphatic carboxylic acids is 2. The molecule has 0 aliphatic carbocycles. The van der Waals surface area contributed by atoms with Gasteiger partial charge in [0.25, 0.3) is 0 Å². The van der Waals surface area contributed by atoms with Crippen LogP contribution < -0.4 is 10.2 Å². The number of hydrogen-bond donors (Lipinski definition) is 2. The van der Waals surface area contributed by atoms with Crippen molar-refractivity contribution in [2.24, 2.45) is 0 Å². The molecular formula is C18H30O4S2-2. The molecule has 4 nitrogen and oxygen atoms in total. The lowest BCUT2D eigenvalue weighted by atomic mass is 9.96. The Bertz CT molecular complexity index is 383. The van der Waals surface area contributed by atoms with Crippen molar-refractivity contribution in [3.63, 3.8) is 0 Å². The number of carboxylic acids is 2. The summed E-state index contributed by atoms with van der Waals surface area (Å²) in [5.74, 6) is -2.84. The summed E-state index contributed by atoms with van der Waals surface area (Å²) in [5, 5.41) is 22.9. The number of carbonyl (C=O) groups is 2. The molecule has 0 heterocycles. The first-order valence-electron chi connectivity index (χ1n) is 8.84. The molecule has 0 aromatic heterocycles. The van der Waals surface area contributed by atoms with Gasteiger partial charge in [-0.1, -0.05) is 39.5 Å². The second-order valence-electron chi connectivity index (χ2n) is 6.20. The molecule has 0 amide bonds. The van der Waals surface area contributed by atoms with Gasteiger partial charge >= 0.3 is 0 Å². The van der Waals surface area contributed by atoms with Crippen LogP contribution in [0, 0.1) is 0 Å². The maximum absolute atomic E-state index is 11.4. The van der Waals surface area contributed by atoms with Crippen LogP contribution in [0.5, 0.6) is 0 Å². The van der Waals surface area contributed by atoms with E-state index in [1.54, 1.807) is 0 Å². The molecule has 0 aromatic carbocycles. The molecule has 140 valence electrons. The fraction of sp³-hybridized carbons (Fsp3) is 0.778. The molecule has 0 N–H and O–H groups in total. The van der Waals surface area contributed by atoms with Crippen molar-refractivity contribution < 1.29 is 19.8 Å². The summed E-state index contributed by atoms with van der Waals surface area (Å²) in [7, 11) is 0. The smallest absolute Gasteiger partial charge is 0.0678 e. The van der Waals surface area contributed by atoms with E-state index in [-0.39, 0.29) is 34.5 Å². The van der Waals surface area contributed by atoms with E-state index in [4.69, 9.17) is 0 Å². The summed E-state index contributed by atoms with van der Waals surface area (Å²) >= 11 is 8.88. The van der Waals surface area contributed by atoms with Crippen LogP contribution in [0.4, 0.5) is 0 Å². The van der Waals surface area contributed by atoms with E-state index in [1.807, 2.05) is 0 Å². The van der Waals surface area contributed by atoms with E-state index in [9.17, 15) is 19.8 Å². The van der Waals surface area contributed by atoms with Crippen molar-refractivity contribution >= 4 is 37.2 Å². The number of unbranched alkanes of at least 4 members (excludes halogenated alkanes) is 2. The van der Waals surface area contributed by atoms with Crippen LogP contribution in [0.2, 0.25) is 0 Å². The van der Waals surface area contributed by atoms with Gasteiger partial charge in [0.1, 0.15) is 0 Å². The SMILES string of the molecule is CCCCC(S)CC/C(C(=O)[O-])=C(\CCC(S)CCCC)C(=O)[O-]. The Morgan fingerprint density at radius 1 is 0.750 bits per heavy atom. The number of carboxylic acid groups (broad SMARTS) is 2. The highest BCUT2D eigenvalue weighted by molar-refractivity contribution is 7.81. The van der Waals surface area contributed by atoms with Crippen LogP contribution in [-0.4, -0.2) is 22.4 Å². The summed E-state index contributed by atoms with van der Waals surface area (Å²) in [5.41, 5.74) is -0.303. The minimum Gasteiger partial charge on any atom is -0.545 e. The summed E-state index contributed by atoms with van der Waals surface area (Å²) in [6, 6.07) is 0. The van der Waals surface area contributed by atoms with E-state index >= 15 is 0 Å². The van der Waals surface area contributed by atoms with E-state index in [0.29, 0.717) is 12.8 Å². The van der Waals surface area contributed by atoms with E-state index in [0.717, 1.165) is 38.5 Å². The first-order valence-corrected chi connectivity index (χ1v) is 9.87. The van der Waals surface area contributed by atoms with Crippen LogP contribution in [0.15, 0.2) is 11.1 Å². The monoisotopic (exact) mass is 374 g/mol. The van der Waals surface area contributed by atoms with Gasteiger partial charge in [-0.25, -0.2) is 0 Å². The summed E-state index contributed by atoms with van der Waals surface area (Å²) in [4.78, 5) is 22.8. The van der Waals surface area contributed by atoms with Crippen LogP contribution >= 0.6 is 25.3 Å². The molecule has 0 fully saturated rings. The molecule has 0 aliphatic heterocycles. The molecule has 0 rings (SSSR count). The van der Waals surface area contributed by atoms with E-state index in [2.05, 4.69) is 39.1 Å². The van der Waals surface area contributed by atoms with Gasteiger partial charge in [-0.3, -0.25) is 0 Å². The van der Waals surface area contributed by atoms with Gasteiger partial charge in [-0.05, 0) is 49.7 Å². The Morgan fingerprint density at radius 2 is 1.08 bits per heavy atom. The Balaban J connectivity index is 4.89. The minimum absolute atomic E-state index is 0.0597. The molecule has 0 aliphatic rings. The van der Waals surface area contributed by atoms with Gasteiger partial charge in [-0.15, -0.1) is 0 Å². The lowest BCUT2D eigenvalue weighted by molar-refractivity contribution is -0.304. The average molecular weight is 375 g/mol. The van der Waals surface area contributed by atoms with Crippen molar-refractivity contribution in [3.8, 4) is 0 Å². The van der Waals surface area contributed by atoms with Crippen molar-refractivity contribution in [3.05, 3.63) is 11.1 Å². The van der Waals surface area contributed by atoms with Gasteiger partial charge in [-0.2, -0.15) is 25.3 Å². The molecule has 6 heteroatoms. The van der Waals surface area contributed by atoms with Crippen molar-refractivity contribution in [1.29, 1.82) is 0 Å². The van der Waals surface area contributed by atoms with Crippen molar-refractivity contribution in [2.45, 2.75) is 88.6 Å². The fourth-order valence-corrected chi connectivity index (χ4v) is 3.17. The first-order chi connectivity index (χ1) is 11.3. The third kappa shape index (κ3) is 10.3. The summed E-state index contributed by atoms with van der Waals surface area (Å²) in [6.45, 7) is 4.15. The molecule has 0 saturated carbocycles. The average Bonchev–Trinajstić information content (AvgIpc) is 2.52. The first kappa shape index (κ1) is 23.4. The van der Waals surface area contributed by atoms with Crippen LogP contribution in [0.25, 0.3) is 0 Å². The van der Waals surface area contributed by atoms with Crippen molar-refractivity contribution in [2.75, 3.05) is 0 Å². The van der Waals surface area contributed by atoms with Crippen LogP contribution in [0.1, 0.15) is 78.1 Å². The zero-order valence-corrected chi connectivity index (χ0v) is 16.5. The normalized spacial score (nSPS) is 14.8. The van der Waals surface area contributed by atoms with Gasteiger partial charge in [0.05, 0.1) is 11.9 Å². The minimum atomic E-state index is -1.42. The van der Waals surface area contributed by atoms with E-state index < -0.39 is 11.9 Å². The Kier molecular flexibility index (Phi) is 13.3. The summed E-state index contributed by atoms with van der Waals surface area (Å²) in [6.07, 6.45) is 7.23. The second-order valence-corrected chi connectivity index (χ2v) is 7.66. The van der Waals surface area contributed by atoms with Gasteiger partial charge in [0.15, 0.2) is 0 Å². The molecule has 0 saturated heterocycles. The van der Waals surface area contributed by atoms with Crippen LogP contribution in [-0.2, 0) is 9.59 Å². The lowest BCUT2D eigenvalue weighted by Gasteiger charge is -2.20. The zero-order valence-electron chi connectivity index (χ0n) is 14.8. The molecular weight excluding hydrogens is 344 g/mol. The fourth-order valence-electron chi connectivity index (χ4n) is 2.54. The number of thiol groups is 2. The predicted molar refractivity (Wildman–Crippen MR) is 100 cm³/mol. The molecule has 24 heavy (non-hydrogen) atoms.